The number of nitrogens with two attached hydrogens (primary N) is 1. The van der Waals surface area contributed by atoms with Gasteiger partial charge in [0.15, 0.2) is 0 Å². The molecule has 18 heavy (non-hydrogen) atoms. The number of carbonyl (C=O) groups excluding carboxylic acids is 1. The van der Waals surface area contributed by atoms with E-state index in [9.17, 15) is 9.59 Å². The Morgan fingerprint density at radius 2 is 2.17 bits per heavy atom. The van der Waals surface area contributed by atoms with Crippen LogP contribution in [0.25, 0.3) is 0 Å². The van der Waals surface area contributed by atoms with Gasteiger partial charge in [0.05, 0.1) is 19.6 Å². The number of aliphatic carboxylic acids is 1. The van der Waals surface area contributed by atoms with E-state index in [0.29, 0.717) is 11.4 Å². The van der Waals surface area contributed by atoms with Crippen molar-refractivity contribution in [1.29, 1.82) is 0 Å². The number of amides is 1. The lowest BCUT2D eigenvalue weighted by atomic mass is 10.2. The third kappa shape index (κ3) is 4.34. The number of carbonyl (C=O) groups is 2. The van der Waals surface area contributed by atoms with Crippen molar-refractivity contribution in [2.45, 2.75) is 12.5 Å². The summed E-state index contributed by atoms with van der Waals surface area (Å²) in [6.45, 7) is 0. The van der Waals surface area contributed by atoms with Crippen molar-refractivity contribution < 1.29 is 19.4 Å². The van der Waals surface area contributed by atoms with E-state index >= 15 is 0 Å². The molecule has 1 aromatic carbocycles. The van der Waals surface area contributed by atoms with Gasteiger partial charge >= 0.3 is 5.97 Å². The van der Waals surface area contributed by atoms with Crippen LogP contribution in [0.5, 0.6) is 5.75 Å². The Kier molecular flexibility index (Phi) is 5.11. The summed E-state index contributed by atoms with van der Waals surface area (Å²) < 4.78 is 5.76. The number of anilines is 1. The molecule has 0 saturated heterocycles. The summed E-state index contributed by atoms with van der Waals surface area (Å²) in [5.74, 6) is -1.12. The molecule has 4 N–H and O–H groups in total. The van der Waals surface area contributed by atoms with Gasteiger partial charge in [-0.1, -0.05) is 15.9 Å². The first-order valence-electron chi connectivity index (χ1n) is 5.05. The summed E-state index contributed by atoms with van der Waals surface area (Å²) >= 11 is 3.26. The number of carboxylic acid groups (broad SMARTS) is 1. The van der Waals surface area contributed by atoms with Crippen LogP contribution in [0.3, 0.4) is 0 Å². The second-order valence-corrected chi connectivity index (χ2v) is 4.49. The normalized spacial score (nSPS) is 11.7. The van der Waals surface area contributed by atoms with Crippen LogP contribution in [0.4, 0.5) is 5.69 Å². The van der Waals surface area contributed by atoms with E-state index in [1.165, 1.54) is 7.11 Å². The predicted octanol–water partition coefficient (Wildman–Crippen LogP) is 1.20. The average Bonchev–Trinajstić information content (AvgIpc) is 2.27. The highest BCUT2D eigenvalue weighted by molar-refractivity contribution is 9.10. The number of hydrogen-bond acceptors (Lipinski definition) is 4. The summed E-state index contributed by atoms with van der Waals surface area (Å²) in [5, 5.41) is 11.1. The van der Waals surface area contributed by atoms with Gasteiger partial charge in [-0.3, -0.25) is 9.59 Å². The molecular formula is C11H13BrN2O4. The summed E-state index contributed by atoms with van der Waals surface area (Å²) in [5.41, 5.74) is 5.92. The molecule has 1 unspecified atom stereocenters. The number of nitrogens with one attached hydrogen (secondary N) is 1. The van der Waals surface area contributed by atoms with Crippen LogP contribution < -0.4 is 15.8 Å². The first kappa shape index (κ1) is 14.5. The number of methoxy groups -OCH3 is 1. The molecule has 0 aliphatic heterocycles. The summed E-state index contributed by atoms with van der Waals surface area (Å²) in [4.78, 5) is 22.0. The fourth-order valence-electron chi connectivity index (χ4n) is 1.27. The topological polar surface area (TPSA) is 102 Å². The molecule has 1 amide bonds. The average molecular weight is 317 g/mol. The molecule has 0 aromatic heterocycles. The van der Waals surface area contributed by atoms with Crippen LogP contribution in [-0.4, -0.2) is 30.1 Å². The highest BCUT2D eigenvalue weighted by atomic mass is 79.9. The molecule has 0 bridgehead atoms. The van der Waals surface area contributed by atoms with Gasteiger partial charge in [-0.2, -0.15) is 0 Å². The number of ether oxygens (including phenoxy) is 1. The molecule has 0 fully saturated rings. The van der Waals surface area contributed by atoms with Gasteiger partial charge in [-0.25, -0.2) is 0 Å². The van der Waals surface area contributed by atoms with Crippen molar-refractivity contribution in [3.8, 4) is 5.75 Å². The van der Waals surface area contributed by atoms with Crippen molar-refractivity contribution in [3.05, 3.63) is 22.7 Å². The van der Waals surface area contributed by atoms with Gasteiger partial charge in [0, 0.05) is 16.2 Å². The zero-order chi connectivity index (χ0) is 13.7. The maximum atomic E-state index is 11.6. The minimum absolute atomic E-state index is 0.420. The first-order chi connectivity index (χ1) is 8.42. The van der Waals surface area contributed by atoms with Gasteiger partial charge in [-0.15, -0.1) is 0 Å². The Hall–Kier alpha value is -1.60. The van der Waals surface area contributed by atoms with Gasteiger partial charge < -0.3 is 20.9 Å². The fourth-order valence-corrected chi connectivity index (χ4v) is 1.74. The van der Waals surface area contributed by atoms with Crippen LogP contribution in [0.15, 0.2) is 22.7 Å². The Morgan fingerprint density at radius 3 is 2.72 bits per heavy atom. The van der Waals surface area contributed by atoms with E-state index < -0.39 is 24.3 Å². The maximum absolute atomic E-state index is 11.6. The molecular weight excluding hydrogens is 304 g/mol. The Balaban J connectivity index is 2.75. The highest BCUT2D eigenvalue weighted by Gasteiger charge is 2.17. The Bertz CT molecular complexity index is 464. The molecule has 0 spiro atoms. The lowest BCUT2D eigenvalue weighted by Gasteiger charge is -2.11. The quantitative estimate of drug-likeness (QED) is 0.757. The van der Waals surface area contributed by atoms with Gasteiger partial charge in [0.1, 0.15) is 5.75 Å². The lowest BCUT2D eigenvalue weighted by Crippen LogP contribution is -2.37. The molecule has 0 aliphatic carbocycles. The Morgan fingerprint density at radius 1 is 1.50 bits per heavy atom. The third-order valence-corrected chi connectivity index (χ3v) is 2.56. The van der Waals surface area contributed by atoms with Crippen LogP contribution in [-0.2, 0) is 9.59 Å². The van der Waals surface area contributed by atoms with E-state index in [-0.39, 0.29) is 0 Å². The van der Waals surface area contributed by atoms with E-state index in [1.807, 2.05) is 0 Å². The predicted molar refractivity (Wildman–Crippen MR) is 69.6 cm³/mol. The van der Waals surface area contributed by atoms with Crippen LogP contribution in [0, 0.1) is 0 Å². The number of benzene rings is 1. The molecule has 6 nitrogen and oxygen atoms in total. The minimum Gasteiger partial charge on any atom is -0.497 e. The highest BCUT2D eigenvalue weighted by Crippen LogP contribution is 2.24. The van der Waals surface area contributed by atoms with Crippen molar-refractivity contribution >= 4 is 33.5 Å². The van der Waals surface area contributed by atoms with Gasteiger partial charge in [0.2, 0.25) is 5.91 Å². The fraction of sp³-hybridized carbons (Fsp3) is 0.273. The summed E-state index contributed by atoms with van der Waals surface area (Å²) in [7, 11) is 1.50. The third-order valence-electron chi connectivity index (χ3n) is 2.11. The number of carboxylic acids is 1. The molecule has 0 heterocycles. The zero-order valence-electron chi connectivity index (χ0n) is 9.64. The van der Waals surface area contributed by atoms with E-state index in [4.69, 9.17) is 15.6 Å². The molecule has 0 radical (unpaired) electrons. The number of halogens is 1. The summed E-state index contributed by atoms with van der Waals surface area (Å²) in [6.07, 6.45) is -0.420. The first-order valence-corrected chi connectivity index (χ1v) is 5.84. The summed E-state index contributed by atoms with van der Waals surface area (Å²) in [6, 6.07) is 3.91. The zero-order valence-corrected chi connectivity index (χ0v) is 11.2. The number of rotatable bonds is 5. The van der Waals surface area contributed by atoms with Crippen LogP contribution in [0.1, 0.15) is 6.42 Å². The Labute approximate surface area is 112 Å². The monoisotopic (exact) mass is 316 g/mol. The van der Waals surface area contributed by atoms with Crippen molar-refractivity contribution in [1.82, 2.24) is 0 Å². The van der Waals surface area contributed by atoms with E-state index in [2.05, 4.69) is 21.2 Å². The van der Waals surface area contributed by atoms with Crippen LogP contribution >= 0.6 is 15.9 Å². The SMILES string of the molecule is COc1cc(Br)cc(NC(=O)C(N)CC(=O)O)c1. The molecule has 1 rings (SSSR count). The second kappa shape index (κ2) is 6.36. The minimum atomic E-state index is -1.12. The van der Waals surface area contributed by atoms with Crippen molar-refractivity contribution in [3.63, 3.8) is 0 Å². The second-order valence-electron chi connectivity index (χ2n) is 3.57. The molecule has 0 saturated carbocycles. The smallest absolute Gasteiger partial charge is 0.305 e. The number of hydrogen-bond donors (Lipinski definition) is 3. The maximum Gasteiger partial charge on any atom is 0.305 e. The molecule has 1 aromatic rings. The van der Waals surface area contributed by atoms with Crippen molar-refractivity contribution in [2.75, 3.05) is 12.4 Å². The molecule has 7 heteroatoms. The van der Waals surface area contributed by atoms with Crippen molar-refractivity contribution in [2.24, 2.45) is 5.73 Å². The van der Waals surface area contributed by atoms with E-state index in [1.54, 1.807) is 18.2 Å². The van der Waals surface area contributed by atoms with Gasteiger partial charge in [0.25, 0.3) is 0 Å². The van der Waals surface area contributed by atoms with E-state index in [0.717, 1.165) is 4.47 Å². The van der Waals surface area contributed by atoms with Crippen LogP contribution in [0.2, 0.25) is 0 Å². The molecule has 0 aliphatic rings. The largest absolute Gasteiger partial charge is 0.497 e. The van der Waals surface area contributed by atoms with Gasteiger partial charge in [-0.05, 0) is 12.1 Å². The molecule has 1 atom stereocenters. The lowest BCUT2D eigenvalue weighted by molar-refractivity contribution is -0.138. The molecule has 98 valence electrons. The standard InChI is InChI=1S/C11H13BrN2O4/c1-18-8-3-6(12)2-7(4-8)14-11(17)9(13)5-10(15)16/h2-4,9H,5,13H2,1H3,(H,14,17)(H,15,16).